The number of aliphatic hydroxyl groups is 1. The molecule has 32 heavy (non-hydrogen) atoms. The second-order valence-corrected chi connectivity index (χ2v) is 7.95. The average Bonchev–Trinajstić information content (AvgIpc) is 2.76. The minimum absolute atomic E-state index is 0.175. The number of ether oxygens (including phenoxy) is 1. The van der Waals surface area contributed by atoms with Gasteiger partial charge in [0.25, 0.3) is 5.91 Å². The molecule has 0 atom stereocenters. The summed E-state index contributed by atoms with van der Waals surface area (Å²) in [6, 6.07) is 5.10. The minimum atomic E-state index is -1.42. The number of anilines is 2. The van der Waals surface area contributed by atoms with Crippen LogP contribution < -0.4 is 10.8 Å². The van der Waals surface area contributed by atoms with E-state index in [4.69, 9.17) is 14.7 Å². The topological polar surface area (TPSA) is 100 Å². The van der Waals surface area contributed by atoms with Crippen LogP contribution in [-0.2, 0) is 20.9 Å². The van der Waals surface area contributed by atoms with E-state index in [9.17, 15) is 18.4 Å². The van der Waals surface area contributed by atoms with Gasteiger partial charge in [0, 0.05) is 22.2 Å². The van der Waals surface area contributed by atoms with Crippen molar-refractivity contribution in [3.63, 3.8) is 0 Å². The molecule has 0 spiro atoms. The molecular formula is C20H19F3IN3O5. The molecule has 1 aliphatic heterocycles. The first-order chi connectivity index (χ1) is 15.3. The van der Waals surface area contributed by atoms with Gasteiger partial charge in [-0.15, -0.1) is 0 Å². The molecule has 3 N–H and O–H groups in total. The highest BCUT2D eigenvalue weighted by molar-refractivity contribution is 14.1. The predicted molar refractivity (Wildman–Crippen MR) is 115 cm³/mol. The van der Waals surface area contributed by atoms with Gasteiger partial charge in [-0.25, -0.2) is 18.7 Å². The zero-order valence-electron chi connectivity index (χ0n) is 16.6. The summed E-state index contributed by atoms with van der Waals surface area (Å²) in [4.78, 5) is 30.6. The van der Waals surface area contributed by atoms with E-state index in [1.807, 2.05) is 28.1 Å². The van der Waals surface area contributed by atoms with Gasteiger partial charge in [-0.05, 0) is 46.9 Å². The summed E-state index contributed by atoms with van der Waals surface area (Å²) in [5.41, 5.74) is 0.600. The summed E-state index contributed by atoms with van der Waals surface area (Å²) in [5.74, 6) is -4.81. The lowest BCUT2D eigenvalue weighted by molar-refractivity contribution is -0.143. The van der Waals surface area contributed by atoms with Gasteiger partial charge in [0.1, 0.15) is 12.4 Å². The van der Waals surface area contributed by atoms with Crippen LogP contribution in [0.2, 0.25) is 0 Å². The predicted octanol–water partition coefficient (Wildman–Crippen LogP) is 2.46. The highest BCUT2D eigenvalue weighted by Gasteiger charge is 2.27. The molecule has 8 nitrogen and oxygen atoms in total. The molecule has 0 saturated carbocycles. The van der Waals surface area contributed by atoms with Crippen LogP contribution in [0.1, 0.15) is 15.9 Å². The van der Waals surface area contributed by atoms with Crippen LogP contribution >= 0.6 is 22.6 Å². The van der Waals surface area contributed by atoms with E-state index in [1.54, 1.807) is 6.07 Å². The fourth-order valence-corrected chi connectivity index (χ4v) is 3.41. The van der Waals surface area contributed by atoms with Crippen molar-refractivity contribution in [3.05, 3.63) is 56.4 Å². The molecule has 2 aromatic carbocycles. The fraction of sp³-hybridized carbons (Fsp3) is 0.300. The van der Waals surface area contributed by atoms with Gasteiger partial charge in [0.15, 0.2) is 11.6 Å². The third-order valence-electron chi connectivity index (χ3n) is 4.52. The number of nitrogens with zero attached hydrogens (tertiary/aromatic N) is 1. The van der Waals surface area contributed by atoms with Gasteiger partial charge in [0.05, 0.1) is 36.8 Å². The van der Waals surface area contributed by atoms with Crippen LogP contribution in [0, 0.1) is 21.0 Å². The van der Waals surface area contributed by atoms with Crippen LogP contribution in [0.3, 0.4) is 0 Å². The molecule has 1 saturated heterocycles. The Kier molecular flexibility index (Phi) is 8.28. The summed E-state index contributed by atoms with van der Waals surface area (Å²) in [6.45, 7) is -0.682. The number of carbonyl (C=O) groups is 2. The number of hydroxylamine groups is 1. The van der Waals surface area contributed by atoms with Gasteiger partial charge in [-0.2, -0.15) is 0 Å². The molecule has 2 aromatic rings. The summed E-state index contributed by atoms with van der Waals surface area (Å²) >= 11 is 1.89. The van der Waals surface area contributed by atoms with Gasteiger partial charge < -0.3 is 20.1 Å². The third kappa shape index (κ3) is 5.68. The zero-order chi connectivity index (χ0) is 23.3. The lowest BCUT2D eigenvalue weighted by atomic mass is 10.0. The molecule has 3 rings (SSSR count). The molecule has 1 heterocycles. The molecular weight excluding hydrogens is 546 g/mol. The maximum Gasteiger partial charge on any atom is 0.277 e. The number of amides is 2. The van der Waals surface area contributed by atoms with E-state index in [1.165, 1.54) is 17.0 Å². The molecule has 172 valence electrons. The summed E-state index contributed by atoms with van der Waals surface area (Å²) in [7, 11) is 0. The number of rotatable bonds is 8. The Morgan fingerprint density at radius 2 is 2.03 bits per heavy atom. The standard InChI is InChI=1S/C20H19F3IN3O5/c21-14-8-12(24)1-2-15(14)25-19-13(20(30)26-32-6-4-28)7-11(17(22)18(19)23)9-27-3-5-31-10-16(27)29/h1-2,7-8,25,28H,3-6,9-10H2,(H,26,30). The maximum absolute atomic E-state index is 15.1. The number of nitrogens with one attached hydrogen (secondary N) is 2. The Hall–Kier alpha value is -2.42. The highest BCUT2D eigenvalue weighted by atomic mass is 127. The van der Waals surface area contributed by atoms with E-state index in [0.29, 0.717) is 3.57 Å². The SMILES string of the molecule is O=C(NOCCO)c1cc(CN2CCOCC2=O)c(F)c(F)c1Nc1ccc(I)cc1F. The van der Waals surface area contributed by atoms with Crippen LogP contribution in [0.4, 0.5) is 24.5 Å². The Balaban J connectivity index is 2.00. The average molecular weight is 565 g/mol. The number of hydrogen-bond donors (Lipinski definition) is 3. The van der Waals surface area contributed by atoms with Crippen molar-refractivity contribution >= 4 is 45.8 Å². The monoisotopic (exact) mass is 565 g/mol. The summed E-state index contributed by atoms with van der Waals surface area (Å²) in [5, 5.41) is 11.2. The number of aliphatic hydroxyl groups excluding tert-OH is 1. The van der Waals surface area contributed by atoms with Crippen molar-refractivity contribution in [1.82, 2.24) is 10.4 Å². The molecule has 1 fully saturated rings. The Morgan fingerprint density at radius 1 is 1.25 bits per heavy atom. The lowest BCUT2D eigenvalue weighted by Gasteiger charge is -2.27. The molecule has 1 aliphatic rings. The number of benzene rings is 2. The first-order valence-electron chi connectivity index (χ1n) is 9.43. The maximum atomic E-state index is 15.1. The number of hydrogen-bond acceptors (Lipinski definition) is 6. The Morgan fingerprint density at radius 3 is 2.72 bits per heavy atom. The molecule has 0 aliphatic carbocycles. The van der Waals surface area contributed by atoms with Crippen molar-refractivity contribution < 1.29 is 37.4 Å². The van der Waals surface area contributed by atoms with Crippen LogP contribution in [0.5, 0.6) is 0 Å². The van der Waals surface area contributed by atoms with Crippen LogP contribution in [0.15, 0.2) is 24.3 Å². The van der Waals surface area contributed by atoms with Crippen molar-refractivity contribution in [2.75, 3.05) is 38.3 Å². The van der Waals surface area contributed by atoms with E-state index in [0.717, 1.165) is 6.07 Å². The number of halogens is 4. The molecule has 2 amide bonds. The molecule has 0 aromatic heterocycles. The van der Waals surface area contributed by atoms with Gasteiger partial charge in [-0.1, -0.05) is 0 Å². The molecule has 0 unspecified atom stereocenters. The van der Waals surface area contributed by atoms with Crippen LogP contribution in [0.25, 0.3) is 0 Å². The Labute approximate surface area is 194 Å². The first kappa shape index (κ1) is 24.2. The normalized spacial score (nSPS) is 13.9. The van der Waals surface area contributed by atoms with Gasteiger partial charge >= 0.3 is 0 Å². The fourth-order valence-electron chi connectivity index (χ4n) is 2.96. The zero-order valence-corrected chi connectivity index (χ0v) is 18.7. The van der Waals surface area contributed by atoms with Gasteiger partial charge in [-0.3, -0.25) is 14.4 Å². The summed E-state index contributed by atoms with van der Waals surface area (Å²) < 4.78 is 49.8. The minimum Gasteiger partial charge on any atom is -0.394 e. The van der Waals surface area contributed by atoms with E-state index in [-0.39, 0.29) is 56.3 Å². The first-order valence-corrected chi connectivity index (χ1v) is 10.5. The highest BCUT2D eigenvalue weighted by Crippen LogP contribution is 2.31. The number of carbonyl (C=O) groups excluding carboxylic acids is 2. The van der Waals surface area contributed by atoms with Crippen molar-refractivity contribution in [2.24, 2.45) is 0 Å². The van der Waals surface area contributed by atoms with Crippen molar-refractivity contribution in [3.8, 4) is 0 Å². The van der Waals surface area contributed by atoms with Gasteiger partial charge in [0.2, 0.25) is 5.91 Å². The van der Waals surface area contributed by atoms with Crippen LogP contribution in [-0.4, -0.2) is 54.8 Å². The van der Waals surface area contributed by atoms with E-state index in [2.05, 4.69) is 5.32 Å². The van der Waals surface area contributed by atoms with Crippen molar-refractivity contribution in [2.45, 2.75) is 6.54 Å². The van der Waals surface area contributed by atoms with Crippen molar-refractivity contribution in [1.29, 1.82) is 0 Å². The number of morpholine rings is 1. The molecule has 12 heteroatoms. The van der Waals surface area contributed by atoms with E-state index < -0.39 is 35.0 Å². The molecule has 0 bridgehead atoms. The third-order valence-corrected chi connectivity index (χ3v) is 5.19. The molecule has 0 radical (unpaired) electrons. The van der Waals surface area contributed by atoms with E-state index >= 15 is 4.39 Å². The lowest BCUT2D eigenvalue weighted by Crippen LogP contribution is -2.41. The second-order valence-electron chi connectivity index (χ2n) is 6.71. The smallest absolute Gasteiger partial charge is 0.277 e. The Bertz CT molecular complexity index is 1020. The quantitative estimate of drug-likeness (QED) is 0.259. The second kappa shape index (κ2) is 10.9. The largest absolute Gasteiger partial charge is 0.394 e. The summed E-state index contributed by atoms with van der Waals surface area (Å²) in [6.07, 6.45) is 0.